The number of imidazole rings is 1. The molecule has 1 aromatic carbocycles. The lowest BCUT2D eigenvalue weighted by atomic mass is 10.2. The Morgan fingerprint density at radius 3 is 2.57 bits per heavy atom. The third-order valence-corrected chi connectivity index (χ3v) is 6.44. The van der Waals surface area contributed by atoms with E-state index in [1.54, 1.807) is 14.0 Å². The van der Waals surface area contributed by atoms with Gasteiger partial charge in [0.15, 0.2) is 11.2 Å². The molecule has 0 saturated carbocycles. The van der Waals surface area contributed by atoms with E-state index in [-0.39, 0.29) is 6.54 Å². The molecule has 0 aliphatic carbocycles. The predicted octanol–water partition coefficient (Wildman–Crippen LogP) is 0.625. The molecule has 0 bridgehead atoms. The maximum atomic E-state index is 13.7. The Morgan fingerprint density at radius 1 is 1.03 bits per heavy atom. The van der Waals surface area contributed by atoms with Crippen molar-refractivity contribution in [3.63, 3.8) is 0 Å². The number of hydrogen-bond acceptors (Lipinski definition) is 7. The van der Waals surface area contributed by atoms with Gasteiger partial charge in [0.25, 0.3) is 5.56 Å². The van der Waals surface area contributed by atoms with Crippen molar-refractivity contribution < 1.29 is 0 Å². The van der Waals surface area contributed by atoms with Gasteiger partial charge >= 0.3 is 5.69 Å². The second-order valence-electron chi connectivity index (χ2n) is 8.71. The van der Waals surface area contributed by atoms with Gasteiger partial charge in [-0.05, 0) is 19.9 Å². The van der Waals surface area contributed by atoms with E-state index in [4.69, 9.17) is 4.98 Å². The molecule has 1 aliphatic heterocycles. The van der Waals surface area contributed by atoms with Crippen molar-refractivity contribution >= 4 is 22.1 Å². The first-order valence-corrected chi connectivity index (χ1v) is 11.7. The first-order chi connectivity index (χ1) is 17.0. The molecule has 1 N–H and O–H groups in total. The minimum Gasteiger partial charge on any atom is -0.314 e. The van der Waals surface area contributed by atoms with Crippen LogP contribution in [0.2, 0.25) is 0 Å². The summed E-state index contributed by atoms with van der Waals surface area (Å²) in [4.78, 5) is 43.2. The number of aromatic nitrogens is 6. The van der Waals surface area contributed by atoms with Gasteiger partial charge < -0.3 is 9.88 Å². The Balaban J connectivity index is 1.64. The standard InChI is InChI=1S/C25H28N8O2/c1-4-5-12-32-21(16-31-13-10-26-11-14-31)29-23-22(32)24(34)33(25(35)30(23)3)15-20-27-17(2)18-8-6-7-9-19(18)28-20/h6-9,26H,10-16H2,1-3H3. The fraction of sp³-hybridized carbons (Fsp3) is 0.400. The molecule has 5 rings (SSSR count). The van der Waals surface area contributed by atoms with Crippen LogP contribution in [0.25, 0.3) is 22.1 Å². The van der Waals surface area contributed by atoms with Crippen LogP contribution in [0.5, 0.6) is 0 Å². The maximum absolute atomic E-state index is 13.7. The van der Waals surface area contributed by atoms with Gasteiger partial charge in [-0.25, -0.2) is 19.7 Å². The molecule has 180 valence electrons. The molecule has 1 aliphatic rings. The van der Waals surface area contributed by atoms with Crippen molar-refractivity contribution in [3.8, 4) is 11.8 Å². The van der Waals surface area contributed by atoms with E-state index in [9.17, 15) is 9.59 Å². The molecule has 4 heterocycles. The van der Waals surface area contributed by atoms with Crippen LogP contribution in [-0.4, -0.2) is 59.7 Å². The van der Waals surface area contributed by atoms with E-state index < -0.39 is 11.2 Å². The zero-order valence-electron chi connectivity index (χ0n) is 20.2. The van der Waals surface area contributed by atoms with Crippen LogP contribution >= 0.6 is 0 Å². The molecule has 35 heavy (non-hydrogen) atoms. The highest BCUT2D eigenvalue weighted by atomic mass is 16.2. The van der Waals surface area contributed by atoms with Crippen molar-refractivity contribution in [2.45, 2.75) is 33.5 Å². The van der Waals surface area contributed by atoms with Crippen LogP contribution in [0.4, 0.5) is 0 Å². The van der Waals surface area contributed by atoms with Gasteiger partial charge in [0, 0.05) is 44.3 Å². The van der Waals surface area contributed by atoms with E-state index in [0.717, 1.165) is 48.6 Å². The topological polar surface area (TPSA) is 103 Å². The summed E-state index contributed by atoms with van der Waals surface area (Å²) in [5.74, 6) is 7.11. The number of hydrogen-bond donors (Lipinski definition) is 1. The molecule has 0 atom stereocenters. The lowest BCUT2D eigenvalue weighted by molar-refractivity contribution is 0.226. The normalized spacial score (nSPS) is 14.4. The van der Waals surface area contributed by atoms with E-state index in [1.165, 1.54) is 9.13 Å². The van der Waals surface area contributed by atoms with Crippen LogP contribution in [0, 0.1) is 18.8 Å². The number of aryl methyl sites for hydroxylation is 2. The SMILES string of the molecule is CC#CCn1c(CN2CCNCC2)nc2c1c(=O)n(Cc1nc(C)c3ccccc3n1)c(=O)n2C. The van der Waals surface area contributed by atoms with Crippen LogP contribution in [0.1, 0.15) is 24.3 Å². The average molecular weight is 473 g/mol. The van der Waals surface area contributed by atoms with Crippen molar-refractivity contribution in [3.05, 3.63) is 62.4 Å². The fourth-order valence-corrected chi connectivity index (χ4v) is 4.58. The minimum absolute atomic E-state index is 0.0229. The number of nitrogens with one attached hydrogen (secondary N) is 1. The summed E-state index contributed by atoms with van der Waals surface area (Å²) in [5.41, 5.74) is 1.47. The molecule has 1 saturated heterocycles. The van der Waals surface area contributed by atoms with Gasteiger partial charge in [-0.15, -0.1) is 5.92 Å². The zero-order valence-corrected chi connectivity index (χ0v) is 20.2. The van der Waals surface area contributed by atoms with Crippen LogP contribution in [0.3, 0.4) is 0 Å². The van der Waals surface area contributed by atoms with Crippen molar-refractivity contribution in [2.24, 2.45) is 7.05 Å². The molecule has 4 aromatic rings. The van der Waals surface area contributed by atoms with Crippen LogP contribution < -0.4 is 16.6 Å². The second-order valence-corrected chi connectivity index (χ2v) is 8.71. The monoisotopic (exact) mass is 472 g/mol. The largest absolute Gasteiger partial charge is 0.332 e. The number of fused-ring (bicyclic) bond motifs is 2. The van der Waals surface area contributed by atoms with Gasteiger partial charge in [-0.1, -0.05) is 24.1 Å². The van der Waals surface area contributed by atoms with Gasteiger partial charge in [-0.2, -0.15) is 0 Å². The molecule has 10 heteroatoms. The first kappa shape index (κ1) is 23.0. The second kappa shape index (κ2) is 9.44. The molecule has 0 unspecified atom stereocenters. The molecular weight excluding hydrogens is 444 g/mol. The number of rotatable bonds is 5. The summed E-state index contributed by atoms with van der Waals surface area (Å²) < 4.78 is 4.47. The lowest BCUT2D eigenvalue weighted by Crippen LogP contribution is -2.43. The summed E-state index contributed by atoms with van der Waals surface area (Å²) in [6, 6.07) is 7.70. The lowest BCUT2D eigenvalue weighted by Gasteiger charge is -2.26. The van der Waals surface area contributed by atoms with E-state index in [1.807, 2.05) is 35.8 Å². The zero-order chi connectivity index (χ0) is 24.5. The highest BCUT2D eigenvalue weighted by molar-refractivity contribution is 5.80. The quantitative estimate of drug-likeness (QED) is 0.425. The Bertz CT molecular complexity index is 1600. The number of nitrogens with zero attached hydrogens (tertiary/aromatic N) is 7. The third-order valence-electron chi connectivity index (χ3n) is 6.44. The van der Waals surface area contributed by atoms with Crippen LogP contribution in [-0.2, 0) is 26.7 Å². The smallest absolute Gasteiger partial charge is 0.314 e. The maximum Gasteiger partial charge on any atom is 0.332 e. The molecule has 0 radical (unpaired) electrons. The summed E-state index contributed by atoms with van der Waals surface area (Å²) in [6.07, 6.45) is 0. The Kier molecular flexibility index (Phi) is 6.19. The van der Waals surface area contributed by atoms with E-state index >= 15 is 0 Å². The molecule has 0 amide bonds. The van der Waals surface area contributed by atoms with Gasteiger partial charge in [-0.3, -0.25) is 18.8 Å². The van der Waals surface area contributed by atoms with Crippen LogP contribution in [0.15, 0.2) is 33.9 Å². The van der Waals surface area contributed by atoms with Gasteiger partial charge in [0.05, 0.1) is 25.2 Å². The minimum atomic E-state index is -0.447. The Labute approximate surface area is 202 Å². The predicted molar refractivity (Wildman–Crippen MR) is 134 cm³/mol. The molecular formula is C25H28N8O2. The van der Waals surface area contributed by atoms with Crippen molar-refractivity contribution in [1.82, 2.24) is 38.9 Å². The molecule has 0 spiro atoms. The van der Waals surface area contributed by atoms with Gasteiger partial charge in [0.2, 0.25) is 0 Å². The highest BCUT2D eigenvalue weighted by Crippen LogP contribution is 2.16. The molecule has 1 fully saturated rings. The Morgan fingerprint density at radius 2 is 1.80 bits per heavy atom. The number of piperazine rings is 1. The molecule has 3 aromatic heterocycles. The third kappa shape index (κ3) is 4.24. The molecule has 10 nitrogen and oxygen atoms in total. The first-order valence-electron chi connectivity index (χ1n) is 11.7. The summed E-state index contributed by atoms with van der Waals surface area (Å²) >= 11 is 0. The summed E-state index contributed by atoms with van der Waals surface area (Å²) in [6.45, 7) is 8.16. The average Bonchev–Trinajstić information content (AvgIpc) is 3.22. The fourth-order valence-electron chi connectivity index (χ4n) is 4.58. The highest BCUT2D eigenvalue weighted by Gasteiger charge is 2.22. The van der Waals surface area contributed by atoms with E-state index in [2.05, 4.69) is 32.0 Å². The summed E-state index contributed by atoms with van der Waals surface area (Å²) in [5, 5.41) is 4.29. The Hall–Kier alpha value is -3.81. The van der Waals surface area contributed by atoms with Crippen molar-refractivity contribution in [1.29, 1.82) is 0 Å². The van der Waals surface area contributed by atoms with E-state index in [0.29, 0.717) is 30.1 Å². The number of benzene rings is 1. The summed E-state index contributed by atoms with van der Waals surface area (Å²) in [7, 11) is 1.64. The van der Waals surface area contributed by atoms with Gasteiger partial charge in [0.1, 0.15) is 11.6 Å². The number of para-hydroxylation sites is 1. The van der Waals surface area contributed by atoms with Crippen molar-refractivity contribution in [2.75, 3.05) is 26.2 Å².